The molecule has 0 heterocycles. The fourth-order valence-electron chi connectivity index (χ4n) is 1.93. The first kappa shape index (κ1) is 15.0. The average molecular weight is 214 g/mol. The summed E-state index contributed by atoms with van der Waals surface area (Å²) in [4.78, 5) is 0. The third-order valence-electron chi connectivity index (χ3n) is 3.02. The largest absolute Gasteiger partial charge is 0.346 e. The van der Waals surface area contributed by atoms with E-state index >= 15 is 0 Å². The molecule has 0 amide bonds. The standard InChI is InChI=1S/C14H31N/c1-3-5-7-8-9-10-12-14-15-13-11-6-4-2/h15H,3-14H2,1-2H3/p+1. The molecule has 1 heteroatoms. The van der Waals surface area contributed by atoms with Gasteiger partial charge < -0.3 is 5.32 Å². The molecule has 1 nitrogen and oxygen atoms in total. The van der Waals surface area contributed by atoms with Gasteiger partial charge in [0, 0.05) is 0 Å². The van der Waals surface area contributed by atoms with E-state index in [1.54, 1.807) is 0 Å². The van der Waals surface area contributed by atoms with Crippen molar-refractivity contribution in [1.29, 1.82) is 0 Å². The Hall–Kier alpha value is -0.0400. The highest BCUT2D eigenvalue weighted by atomic mass is 14.8. The predicted octanol–water partition coefficient (Wildman–Crippen LogP) is 3.49. The smallest absolute Gasteiger partial charge is 0.0755 e. The molecule has 0 aliphatic heterocycles. The third-order valence-corrected chi connectivity index (χ3v) is 3.02. The van der Waals surface area contributed by atoms with Crippen LogP contribution in [0.15, 0.2) is 0 Å². The molecule has 0 aromatic carbocycles. The summed E-state index contributed by atoms with van der Waals surface area (Å²) in [5.41, 5.74) is 0. The maximum Gasteiger partial charge on any atom is 0.0755 e. The second-order valence-corrected chi connectivity index (χ2v) is 4.69. The maximum atomic E-state index is 2.50. The zero-order chi connectivity index (χ0) is 11.2. The number of hydrogen-bond acceptors (Lipinski definition) is 0. The number of nitrogens with two attached hydrogens (primary N) is 1. The highest BCUT2D eigenvalue weighted by molar-refractivity contribution is 4.43. The lowest BCUT2D eigenvalue weighted by molar-refractivity contribution is -0.655. The lowest BCUT2D eigenvalue weighted by atomic mass is 10.1. The average Bonchev–Trinajstić information content (AvgIpc) is 2.26. The van der Waals surface area contributed by atoms with Gasteiger partial charge in [-0.1, -0.05) is 52.4 Å². The molecule has 2 N–H and O–H groups in total. The Morgan fingerprint density at radius 1 is 0.533 bits per heavy atom. The molecule has 0 aromatic rings. The van der Waals surface area contributed by atoms with Gasteiger partial charge in [0.25, 0.3) is 0 Å². The summed E-state index contributed by atoms with van der Waals surface area (Å²) in [5.74, 6) is 0. The summed E-state index contributed by atoms with van der Waals surface area (Å²) in [7, 11) is 0. The topological polar surface area (TPSA) is 16.6 Å². The number of quaternary nitrogens is 1. The summed E-state index contributed by atoms with van der Waals surface area (Å²) >= 11 is 0. The predicted molar refractivity (Wildman–Crippen MR) is 69.2 cm³/mol. The molecule has 0 saturated carbocycles. The molecule has 0 spiro atoms. The second kappa shape index (κ2) is 14.0. The summed E-state index contributed by atoms with van der Waals surface area (Å²) in [6.45, 7) is 7.27. The molecule has 0 saturated heterocycles. The van der Waals surface area contributed by atoms with Crippen molar-refractivity contribution < 1.29 is 5.32 Å². The molecule has 0 radical (unpaired) electrons. The van der Waals surface area contributed by atoms with Gasteiger partial charge in [-0.25, -0.2) is 0 Å². The number of unbranched alkanes of at least 4 members (excludes halogenated alkanes) is 8. The van der Waals surface area contributed by atoms with Gasteiger partial charge in [-0.15, -0.1) is 0 Å². The van der Waals surface area contributed by atoms with Crippen LogP contribution in [-0.4, -0.2) is 13.1 Å². The molecule has 0 bridgehead atoms. The van der Waals surface area contributed by atoms with Crippen LogP contribution in [0.1, 0.15) is 78.1 Å². The Morgan fingerprint density at radius 2 is 0.933 bits per heavy atom. The summed E-state index contributed by atoms with van der Waals surface area (Å²) < 4.78 is 0. The van der Waals surface area contributed by atoms with Crippen molar-refractivity contribution in [2.45, 2.75) is 78.1 Å². The molecule has 92 valence electrons. The van der Waals surface area contributed by atoms with Crippen LogP contribution in [0.25, 0.3) is 0 Å². The van der Waals surface area contributed by atoms with Crippen LogP contribution in [0, 0.1) is 0 Å². The zero-order valence-corrected chi connectivity index (χ0v) is 11.1. The van der Waals surface area contributed by atoms with Crippen LogP contribution in [0.3, 0.4) is 0 Å². The van der Waals surface area contributed by atoms with Crippen LogP contribution < -0.4 is 5.32 Å². The first-order valence-electron chi connectivity index (χ1n) is 7.23. The second-order valence-electron chi connectivity index (χ2n) is 4.69. The Bertz CT molecular complexity index is 89.5. The molecule has 0 atom stereocenters. The van der Waals surface area contributed by atoms with Gasteiger partial charge >= 0.3 is 0 Å². The quantitative estimate of drug-likeness (QED) is 0.479. The minimum atomic E-state index is 1.35. The van der Waals surface area contributed by atoms with Crippen molar-refractivity contribution in [3.05, 3.63) is 0 Å². The number of hydrogen-bond donors (Lipinski definition) is 1. The highest BCUT2D eigenvalue weighted by Crippen LogP contribution is 2.05. The van der Waals surface area contributed by atoms with E-state index in [0.717, 1.165) is 0 Å². The summed E-state index contributed by atoms with van der Waals surface area (Å²) in [6, 6.07) is 0. The molecule has 0 rings (SSSR count). The van der Waals surface area contributed by atoms with Gasteiger partial charge in [-0.2, -0.15) is 0 Å². The van der Waals surface area contributed by atoms with Crippen molar-refractivity contribution >= 4 is 0 Å². The molecule has 15 heavy (non-hydrogen) atoms. The molecule has 0 aromatic heterocycles. The Labute approximate surface area is 97.0 Å². The Morgan fingerprint density at radius 3 is 1.53 bits per heavy atom. The van der Waals surface area contributed by atoms with E-state index in [4.69, 9.17) is 0 Å². The molecule has 0 fully saturated rings. The van der Waals surface area contributed by atoms with Gasteiger partial charge in [0.1, 0.15) is 0 Å². The van der Waals surface area contributed by atoms with E-state index in [9.17, 15) is 0 Å². The Kier molecular flexibility index (Phi) is 13.9. The first-order chi connectivity index (χ1) is 7.41. The van der Waals surface area contributed by atoms with Crippen molar-refractivity contribution in [3.8, 4) is 0 Å². The molecule has 0 aliphatic rings. The van der Waals surface area contributed by atoms with Crippen molar-refractivity contribution in [2.24, 2.45) is 0 Å². The molecule has 0 aliphatic carbocycles. The number of rotatable bonds is 12. The van der Waals surface area contributed by atoms with Crippen LogP contribution in [0.4, 0.5) is 0 Å². The molecule has 0 unspecified atom stereocenters. The van der Waals surface area contributed by atoms with Crippen LogP contribution in [-0.2, 0) is 0 Å². The van der Waals surface area contributed by atoms with E-state index in [1.807, 2.05) is 0 Å². The van der Waals surface area contributed by atoms with Crippen molar-refractivity contribution in [1.82, 2.24) is 0 Å². The van der Waals surface area contributed by atoms with Crippen LogP contribution in [0.5, 0.6) is 0 Å². The molecular weight excluding hydrogens is 182 g/mol. The maximum absolute atomic E-state index is 2.50. The lowest BCUT2D eigenvalue weighted by Gasteiger charge is -2.01. The van der Waals surface area contributed by atoms with Crippen LogP contribution in [0.2, 0.25) is 0 Å². The normalized spacial score (nSPS) is 10.8. The van der Waals surface area contributed by atoms with E-state index in [-0.39, 0.29) is 0 Å². The van der Waals surface area contributed by atoms with Gasteiger partial charge in [0.2, 0.25) is 0 Å². The zero-order valence-electron chi connectivity index (χ0n) is 11.1. The van der Waals surface area contributed by atoms with Gasteiger partial charge in [0.05, 0.1) is 13.1 Å². The minimum absolute atomic E-state index is 1.35. The lowest BCUT2D eigenvalue weighted by Crippen LogP contribution is -2.84. The van der Waals surface area contributed by atoms with E-state index in [0.29, 0.717) is 0 Å². The Balaban J connectivity index is 2.81. The molecular formula is C14H32N+. The summed E-state index contributed by atoms with van der Waals surface area (Å²) in [6.07, 6.45) is 14.2. The van der Waals surface area contributed by atoms with Gasteiger partial charge in [-0.05, 0) is 25.7 Å². The SMILES string of the molecule is CCCCCCCCC[NH2+]CCCCC. The van der Waals surface area contributed by atoms with E-state index in [1.165, 1.54) is 77.3 Å². The summed E-state index contributed by atoms with van der Waals surface area (Å²) in [5, 5.41) is 2.50. The van der Waals surface area contributed by atoms with E-state index in [2.05, 4.69) is 19.2 Å². The van der Waals surface area contributed by atoms with Gasteiger partial charge in [-0.3, -0.25) is 0 Å². The van der Waals surface area contributed by atoms with Gasteiger partial charge in [0.15, 0.2) is 0 Å². The third kappa shape index (κ3) is 14.0. The first-order valence-corrected chi connectivity index (χ1v) is 7.23. The highest BCUT2D eigenvalue weighted by Gasteiger charge is 1.93. The minimum Gasteiger partial charge on any atom is -0.346 e. The van der Waals surface area contributed by atoms with Crippen LogP contribution >= 0.6 is 0 Å². The van der Waals surface area contributed by atoms with Crippen molar-refractivity contribution in [2.75, 3.05) is 13.1 Å². The fourth-order valence-corrected chi connectivity index (χ4v) is 1.93. The van der Waals surface area contributed by atoms with Crippen molar-refractivity contribution in [3.63, 3.8) is 0 Å². The fraction of sp³-hybridized carbons (Fsp3) is 1.00. The monoisotopic (exact) mass is 214 g/mol. The van der Waals surface area contributed by atoms with E-state index < -0.39 is 0 Å².